The average Bonchev–Trinajstić information content (AvgIpc) is 2.72. The summed E-state index contributed by atoms with van der Waals surface area (Å²) in [5, 5.41) is 0. The zero-order valence-corrected chi connectivity index (χ0v) is 18.0. The topological polar surface area (TPSA) is 18.5 Å². The quantitative estimate of drug-likeness (QED) is 0.224. The van der Waals surface area contributed by atoms with Gasteiger partial charge < -0.3 is 9.47 Å². The van der Waals surface area contributed by atoms with E-state index in [1.165, 1.54) is 12.1 Å². The normalized spacial score (nSPS) is 19.5. The highest BCUT2D eigenvalue weighted by atomic mass is 79.9. The van der Waals surface area contributed by atoms with Crippen LogP contribution in [0.15, 0.2) is 28.7 Å². The number of halogens is 6. The number of alkyl halides is 2. The molecule has 0 aliphatic carbocycles. The Labute approximate surface area is 180 Å². The third-order valence-corrected chi connectivity index (χ3v) is 5.92. The van der Waals surface area contributed by atoms with E-state index < -0.39 is 40.2 Å². The summed E-state index contributed by atoms with van der Waals surface area (Å²) >= 11 is 2.73. The lowest BCUT2D eigenvalue weighted by Crippen LogP contribution is -2.28. The third kappa shape index (κ3) is 5.03. The van der Waals surface area contributed by atoms with Crippen molar-refractivity contribution in [2.45, 2.75) is 45.3 Å². The number of unbranched alkanes of at least 4 members (excludes halogenated alkanes) is 2. The lowest BCUT2D eigenvalue weighted by molar-refractivity contribution is -0.207. The Kier molecular flexibility index (Phi) is 7.87. The van der Waals surface area contributed by atoms with E-state index in [0.29, 0.717) is 13.2 Å². The molecule has 1 aliphatic rings. The van der Waals surface area contributed by atoms with Crippen LogP contribution < -0.4 is 0 Å². The highest BCUT2D eigenvalue weighted by Gasteiger charge is 2.31. The first kappa shape index (κ1) is 23.2. The van der Waals surface area contributed by atoms with E-state index in [1.54, 1.807) is 0 Å². The predicted molar refractivity (Wildman–Crippen MR) is 107 cm³/mol. The molecule has 2 aromatic carbocycles. The van der Waals surface area contributed by atoms with Crippen molar-refractivity contribution in [3.05, 3.63) is 57.3 Å². The molecule has 1 saturated heterocycles. The largest absolute Gasteiger partial charge is 0.348 e. The molecule has 0 N–H and O–H groups in total. The van der Waals surface area contributed by atoms with E-state index in [2.05, 4.69) is 22.9 Å². The second-order valence-corrected chi connectivity index (χ2v) is 8.14. The molecule has 2 aromatic rings. The highest BCUT2D eigenvalue weighted by Crippen LogP contribution is 2.39. The first-order valence-electron chi connectivity index (χ1n) is 9.82. The number of benzene rings is 2. The minimum absolute atomic E-state index is 0.115. The zero-order chi connectivity index (χ0) is 21.8. The molecule has 1 fully saturated rings. The molecule has 0 unspecified atom stereocenters. The molecule has 164 valence electrons. The Bertz CT molecular complexity index is 859. The summed E-state index contributed by atoms with van der Waals surface area (Å²) < 4.78 is 81.0. The molecule has 0 radical (unpaired) electrons. The Balaban J connectivity index is 1.87. The third-order valence-electron chi connectivity index (χ3n) is 5.16. The summed E-state index contributed by atoms with van der Waals surface area (Å²) in [7, 11) is 0. The fourth-order valence-corrected chi connectivity index (χ4v) is 3.77. The molecule has 3 rings (SSSR count). The molecule has 0 bridgehead atoms. The number of hydrogen-bond donors (Lipinski definition) is 0. The summed E-state index contributed by atoms with van der Waals surface area (Å²) in [4.78, 5) is 0. The van der Waals surface area contributed by atoms with Crippen LogP contribution in [0.1, 0.15) is 56.4 Å². The van der Waals surface area contributed by atoms with Crippen LogP contribution in [-0.4, -0.2) is 13.2 Å². The molecule has 0 spiro atoms. The smallest absolute Gasteiger partial charge is 0.267 e. The zero-order valence-electron chi connectivity index (χ0n) is 16.4. The summed E-state index contributed by atoms with van der Waals surface area (Å²) in [6.45, 7) is 2.78. The minimum Gasteiger partial charge on any atom is -0.348 e. The number of rotatable bonds is 7. The fourth-order valence-electron chi connectivity index (χ4n) is 3.54. The van der Waals surface area contributed by atoms with Crippen molar-refractivity contribution < 1.29 is 31.4 Å². The van der Waals surface area contributed by atoms with Crippen molar-refractivity contribution in [1.82, 2.24) is 0 Å². The summed E-state index contributed by atoms with van der Waals surface area (Å²) in [6.07, 6.45) is -0.134. The van der Waals surface area contributed by atoms with Crippen LogP contribution in [0.3, 0.4) is 0 Å². The van der Waals surface area contributed by atoms with Crippen LogP contribution in [0.25, 0.3) is 11.1 Å². The molecular formula is C22H22BrF5O2. The van der Waals surface area contributed by atoms with Gasteiger partial charge in [0.25, 0.3) is 6.43 Å². The average molecular weight is 493 g/mol. The summed E-state index contributed by atoms with van der Waals surface area (Å²) in [6, 6.07) is 4.24. The molecule has 8 heteroatoms. The highest BCUT2D eigenvalue weighted by molar-refractivity contribution is 9.10. The molecule has 0 saturated carbocycles. The molecule has 2 nitrogen and oxygen atoms in total. The van der Waals surface area contributed by atoms with Gasteiger partial charge in [0.15, 0.2) is 6.29 Å². The van der Waals surface area contributed by atoms with Crippen LogP contribution in [0.2, 0.25) is 0 Å². The van der Waals surface area contributed by atoms with Crippen molar-refractivity contribution in [2.75, 3.05) is 13.2 Å². The number of ether oxygens (including phenoxy) is 2. The van der Waals surface area contributed by atoms with E-state index in [0.717, 1.165) is 37.8 Å². The van der Waals surface area contributed by atoms with Crippen molar-refractivity contribution >= 4 is 15.9 Å². The molecule has 0 amide bonds. The molecule has 1 heterocycles. The van der Waals surface area contributed by atoms with Crippen molar-refractivity contribution in [1.29, 1.82) is 0 Å². The Morgan fingerprint density at radius 1 is 1.03 bits per heavy atom. The maximum Gasteiger partial charge on any atom is 0.267 e. The van der Waals surface area contributed by atoms with Crippen LogP contribution in [-0.2, 0) is 9.47 Å². The lowest BCUT2D eigenvalue weighted by Gasteiger charge is -2.31. The molecular weight excluding hydrogens is 471 g/mol. The van der Waals surface area contributed by atoms with Gasteiger partial charge in [0, 0.05) is 17.0 Å². The predicted octanol–water partition coefficient (Wildman–Crippen LogP) is 7.71. The van der Waals surface area contributed by atoms with E-state index in [4.69, 9.17) is 9.47 Å². The molecule has 30 heavy (non-hydrogen) atoms. The second kappa shape index (κ2) is 10.2. The van der Waals surface area contributed by atoms with Crippen LogP contribution in [0.4, 0.5) is 22.0 Å². The van der Waals surface area contributed by atoms with Gasteiger partial charge in [0.1, 0.15) is 17.5 Å². The maximum atomic E-state index is 15.0. The summed E-state index contributed by atoms with van der Waals surface area (Å²) in [5.41, 5.74) is -1.50. The first-order chi connectivity index (χ1) is 14.3. The van der Waals surface area contributed by atoms with Crippen molar-refractivity contribution in [3.8, 4) is 11.1 Å². The minimum atomic E-state index is -3.15. The van der Waals surface area contributed by atoms with E-state index >= 15 is 4.39 Å². The van der Waals surface area contributed by atoms with Crippen molar-refractivity contribution in [3.63, 3.8) is 0 Å². The Morgan fingerprint density at radius 2 is 1.67 bits per heavy atom. The van der Waals surface area contributed by atoms with Gasteiger partial charge in [0.2, 0.25) is 0 Å². The molecule has 0 atom stereocenters. The standard InChI is InChI=1S/C22H22BrF5O2/c1-2-3-4-5-12-10-29-22(30-11-12)15-7-6-14(20(26)18(15)21(27)28)13-8-16(24)19(23)17(25)9-13/h6-9,12,21-22H,2-5,10-11H2,1H3. The van der Waals surface area contributed by atoms with Crippen LogP contribution in [0, 0.1) is 23.4 Å². The molecule has 0 aromatic heterocycles. The fraction of sp³-hybridized carbons (Fsp3) is 0.455. The molecule has 1 aliphatic heterocycles. The lowest BCUT2D eigenvalue weighted by atomic mass is 9.96. The summed E-state index contributed by atoms with van der Waals surface area (Å²) in [5.74, 6) is -3.00. The van der Waals surface area contributed by atoms with Gasteiger partial charge in [-0.3, -0.25) is 0 Å². The number of hydrogen-bond acceptors (Lipinski definition) is 2. The van der Waals surface area contributed by atoms with E-state index in [-0.39, 0.29) is 22.6 Å². The second-order valence-electron chi connectivity index (χ2n) is 7.34. The first-order valence-corrected chi connectivity index (χ1v) is 10.6. The van der Waals surface area contributed by atoms with Crippen LogP contribution >= 0.6 is 15.9 Å². The van der Waals surface area contributed by atoms with Gasteiger partial charge in [0.05, 0.1) is 23.2 Å². The Hall–Kier alpha value is -1.51. The van der Waals surface area contributed by atoms with Gasteiger partial charge >= 0.3 is 0 Å². The SMILES string of the molecule is CCCCCC1COC(c2ccc(-c3cc(F)c(Br)c(F)c3)c(F)c2C(F)F)OC1. The van der Waals surface area contributed by atoms with E-state index in [1.807, 2.05) is 0 Å². The van der Waals surface area contributed by atoms with Crippen molar-refractivity contribution in [2.24, 2.45) is 5.92 Å². The van der Waals surface area contributed by atoms with E-state index in [9.17, 15) is 17.6 Å². The van der Waals surface area contributed by atoms with Gasteiger partial charge in [-0.05, 0) is 40.0 Å². The van der Waals surface area contributed by atoms with Crippen LogP contribution in [0.5, 0.6) is 0 Å². The van der Waals surface area contributed by atoms with Gasteiger partial charge in [-0.2, -0.15) is 0 Å². The van der Waals surface area contributed by atoms with Gasteiger partial charge in [-0.15, -0.1) is 0 Å². The van der Waals surface area contributed by atoms with Gasteiger partial charge in [-0.25, -0.2) is 22.0 Å². The Morgan fingerprint density at radius 3 is 2.23 bits per heavy atom. The monoisotopic (exact) mass is 492 g/mol. The maximum absolute atomic E-state index is 15.0. The van der Waals surface area contributed by atoms with Gasteiger partial charge in [-0.1, -0.05) is 38.3 Å².